The van der Waals surface area contributed by atoms with Crippen LogP contribution in [0.3, 0.4) is 0 Å². The SMILES string of the molecule is NC(=O)COC(=O)c1c2c(nc3ccccc13)CC[NH+](Cc1ccccc1)C2. The monoisotopic (exact) mass is 376 g/mol. The maximum Gasteiger partial charge on any atom is 0.339 e. The van der Waals surface area contributed by atoms with Crippen molar-refractivity contribution in [3.63, 3.8) is 0 Å². The Bertz CT molecular complexity index is 1030. The second-order valence-corrected chi connectivity index (χ2v) is 7.06. The average Bonchev–Trinajstić information content (AvgIpc) is 2.71. The van der Waals surface area contributed by atoms with Crippen LogP contribution in [0.4, 0.5) is 0 Å². The zero-order valence-electron chi connectivity index (χ0n) is 15.5. The van der Waals surface area contributed by atoms with Gasteiger partial charge < -0.3 is 15.4 Å². The van der Waals surface area contributed by atoms with Crippen LogP contribution in [0, 0.1) is 0 Å². The van der Waals surface area contributed by atoms with Crippen molar-refractivity contribution in [1.82, 2.24) is 4.98 Å². The second kappa shape index (κ2) is 7.78. The molecule has 142 valence electrons. The van der Waals surface area contributed by atoms with Crippen LogP contribution < -0.4 is 10.6 Å². The predicted molar refractivity (Wildman–Crippen MR) is 105 cm³/mol. The maximum absolute atomic E-state index is 12.8. The van der Waals surface area contributed by atoms with Gasteiger partial charge in [-0.1, -0.05) is 48.5 Å². The lowest BCUT2D eigenvalue weighted by Gasteiger charge is -2.27. The fourth-order valence-corrected chi connectivity index (χ4v) is 3.81. The van der Waals surface area contributed by atoms with Crippen molar-refractivity contribution in [2.45, 2.75) is 19.5 Å². The van der Waals surface area contributed by atoms with Gasteiger partial charge in [-0.2, -0.15) is 0 Å². The molecule has 0 bridgehead atoms. The van der Waals surface area contributed by atoms with Gasteiger partial charge in [0.15, 0.2) is 6.61 Å². The molecule has 6 heteroatoms. The van der Waals surface area contributed by atoms with Gasteiger partial charge in [-0.3, -0.25) is 9.78 Å². The Morgan fingerprint density at radius 2 is 1.82 bits per heavy atom. The third-order valence-corrected chi connectivity index (χ3v) is 5.07. The lowest BCUT2D eigenvalue weighted by atomic mass is 9.95. The molecule has 28 heavy (non-hydrogen) atoms. The number of primary amides is 1. The Balaban J connectivity index is 1.71. The molecule has 1 unspecified atom stereocenters. The summed E-state index contributed by atoms with van der Waals surface area (Å²) in [4.78, 5) is 30.0. The van der Waals surface area contributed by atoms with Crippen molar-refractivity contribution < 1.29 is 19.2 Å². The molecule has 3 N–H and O–H groups in total. The highest BCUT2D eigenvalue weighted by molar-refractivity contribution is 6.05. The second-order valence-electron chi connectivity index (χ2n) is 7.06. The largest absolute Gasteiger partial charge is 0.452 e. The Hall–Kier alpha value is -3.25. The van der Waals surface area contributed by atoms with Crippen molar-refractivity contribution in [2.24, 2.45) is 5.73 Å². The highest BCUT2D eigenvalue weighted by Gasteiger charge is 2.29. The Morgan fingerprint density at radius 3 is 2.61 bits per heavy atom. The standard InChI is InChI=1S/C22H21N3O3/c23-20(26)14-28-22(27)21-16-8-4-5-9-18(16)24-19-10-11-25(13-17(19)21)12-15-6-2-1-3-7-15/h1-9H,10-14H2,(H2,23,26)/p+1. The van der Waals surface area contributed by atoms with Gasteiger partial charge in [0.1, 0.15) is 13.1 Å². The summed E-state index contributed by atoms with van der Waals surface area (Å²) in [5.41, 5.74) is 9.51. The van der Waals surface area contributed by atoms with Gasteiger partial charge in [0.25, 0.3) is 5.91 Å². The molecule has 0 saturated heterocycles. The van der Waals surface area contributed by atoms with Gasteiger partial charge in [0.05, 0.1) is 23.3 Å². The number of nitrogens with zero attached hydrogens (tertiary/aromatic N) is 1. The molecule has 6 nitrogen and oxygen atoms in total. The molecule has 1 aliphatic rings. The minimum Gasteiger partial charge on any atom is -0.452 e. The molecule has 2 heterocycles. The summed E-state index contributed by atoms with van der Waals surface area (Å²) >= 11 is 0. The first-order valence-corrected chi connectivity index (χ1v) is 9.35. The van der Waals surface area contributed by atoms with Gasteiger partial charge in [0, 0.05) is 22.9 Å². The molecule has 3 aromatic rings. The number of quaternary nitrogens is 1. The number of pyridine rings is 1. The molecule has 1 aliphatic heterocycles. The number of ether oxygens (including phenoxy) is 1. The van der Waals surface area contributed by atoms with Crippen molar-refractivity contribution in [3.8, 4) is 0 Å². The van der Waals surface area contributed by atoms with E-state index < -0.39 is 18.5 Å². The van der Waals surface area contributed by atoms with E-state index in [4.69, 9.17) is 15.5 Å². The zero-order chi connectivity index (χ0) is 19.5. The number of hydrogen-bond donors (Lipinski definition) is 2. The fourth-order valence-electron chi connectivity index (χ4n) is 3.81. The molecule has 0 spiro atoms. The Kier molecular flexibility index (Phi) is 5.04. The number of rotatable bonds is 5. The average molecular weight is 376 g/mol. The topological polar surface area (TPSA) is 86.7 Å². The number of carbonyl (C=O) groups excluding carboxylic acids is 2. The summed E-state index contributed by atoms with van der Waals surface area (Å²) in [5.74, 6) is -1.19. The number of nitrogens with one attached hydrogen (secondary N) is 1. The van der Waals surface area contributed by atoms with Crippen LogP contribution in [0.2, 0.25) is 0 Å². The number of esters is 1. The lowest BCUT2D eigenvalue weighted by molar-refractivity contribution is -0.929. The Morgan fingerprint density at radius 1 is 1.07 bits per heavy atom. The minimum absolute atomic E-state index is 0.426. The van der Waals surface area contributed by atoms with E-state index in [0.29, 0.717) is 12.1 Å². The zero-order valence-corrected chi connectivity index (χ0v) is 15.5. The number of fused-ring (bicyclic) bond motifs is 2. The summed E-state index contributed by atoms with van der Waals surface area (Å²) in [5, 5.41) is 0.747. The van der Waals surface area contributed by atoms with Crippen LogP contribution in [0.1, 0.15) is 27.2 Å². The third-order valence-electron chi connectivity index (χ3n) is 5.07. The van der Waals surface area contributed by atoms with Gasteiger partial charge >= 0.3 is 5.97 Å². The summed E-state index contributed by atoms with van der Waals surface area (Å²) in [6, 6.07) is 17.8. The van der Waals surface area contributed by atoms with E-state index in [0.717, 1.165) is 41.7 Å². The molecule has 0 aliphatic carbocycles. The predicted octanol–water partition coefficient (Wildman–Crippen LogP) is 1.02. The smallest absolute Gasteiger partial charge is 0.339 e. The first-order chi connectivity index (χ1) is 13.6. The van der Waals surface area contributed by atoms with E-state index in [9.17, 15) is 9.59 Å². The van der Waals surface area contributed by atoms with Gasteiger partial charge in [0.2, 0.25) is 0 Å². The van der Waals surface area contributed by atoms with Crippen LogP contribution in [0.15, 0.2) is 54.6 Å². The van der Waals surface area contributed by atoms with E-state index in [1.807, 2.05) is 42.5 Å². The first-order valence-electron chi connectivity index (χ1n) is 9.35. The number of carbonyl (C=O) groups is 2. The van der Waals surface area contributed by atoms with Crippen molar-refractivity contribution in [2.75, 3.05) is 13.2 Å². The van der Waals surface area contributed by atoms with E-state index in [2.05, 4.69) is 12.1 Å². The number of nitrogens with two attached hydrogens (primary N) is 1. The van der Waals surface area contributed by atoms with Crippen LogP contribution in [0.5, 0.6) is 0 Å². The molecule has 2 aromatic carbocycles. The molecule has 0 saturated carbocycles. The van der Waals surface area contributed by atoms with Crippen molar-refractivity contribution in [1.29, 1.82) is 0 Å². The summed E-state index contributed by atoms with van der Waals surface area (Å²) in [6.07, 6.45) is 0.790. The number of aromatic nitrogens is 1. The molecule has 0 radical (unpaired) electrons. The third kappa shape index (κ3) is 3.73. The van der Waals surface area contributed by atoms with Gasteiger partial charge in [-0.05, 0) is 6.07 Å². The highest BCUT2D eigenvalue weighted by atomic mass is 16.5. The Labute approximate surface area is 162 Å². The van der Waals surface area contributed by atoms with E-state index >= 15 is 0 Å². The van der Waals surface area contributed by atoms with E-state index in [1.165, 1.54) is 10.5 Å². The number of hydrogen-bond acceptors (Lipinski definition) is 4. The highest BCUT2D eigenvalue weighted by Crippen LogP contribution is 2.25. The van der Waals surface area contributed by atoms with Gasteiger partial charge in [-0.25, -0.2) is 4.79 Å². The number of benzene rings is 2. The van der Waals surface area contributed by atoms with Crippen molar-refractivity contribution in [3.05, 3.63) is 77.0 Å². The van der Waals surface area contributed by atoms with Crippen LogP contribution >= 0.6 is 0 Å². The van der Waals surface area contributed by atoms with Gasteiger partial charge in [-0.15, -0.1) is 0 Å². The van der Waals surface area contributed by atoms with Crippen LogP contribution in [0.25, 0.3) is 10.9 Å². The molecular weight excluding hydrogens is 354 g/mol. The molecule has 0 fully saturated rings. The summed E-state index contributed by atoms with van der Waals surface area (Å²) in [7, 11) is 0. The molecule has 4 rings (SSSR count). The minimum atomic E-state index is -0.670. The van der Waals surface area contributed by atoms with E-state index in [-0.39, 0.29) is 0 Å². The maximum atomic E-state index is 12.8. The lowest BCUT2D eigenvalue weighted by Crippen LogP contribution is -3.10. The first kappa shape index (κ1) is 18.1. The molecule has 1 amide bonds. The number of para-hydroxylation sites is 1. The quantitative estimate of drug-likeness (QED) is 0.651. The fraction of sp³-hybridized carbons (Fsp3) is 0.227. The summed E-state index contributed by atoms with van der Waals surface area (Å²) < 4.78 is 5.17. The van der Waals surface area contributed by atoms with Crippen molar-refractivity contribution >= 4 is 22.8 Å². The normalized spacial score (nSPS) is 15.8. The van der Waals surface area contributed by atoms with Crippen LogP contribution in [-0.4, -0.2) is 30.0 Å². The molecule has 1 atom stereocenters. The molecular formula is C22H22N3O3+. The number of amides is 1. The summed E-state index contributed by atoms with van der Waals surface area (Å²) in [6.45, 7) is 2.08. The van der Waals surface area contributed by atoms with Crippen LogP contribution in [-0.2, 0) is 29.0 Å². The molecule has 1 aromatic heterocycles. The van der Waals surface area contributed by atoms with E-state index in [1.54, 1.807) is 0 Å².